The van der Waals surface area contributed by atoms with Gasteiger partial charge in [0.25, 0.3) is 16.8 Å². The van der Waals surface area contributed by atoms with E-state index in [1.54, 1.807) is 25.4 Å². The number of aromatic hydroxyl groups is 1. The van der Waals surface area contributed by atoms with Gasteiger partial charge >= 0.3 is 0 Å². The Kier molecular flexibility index (Phi) is 5.32. The van der Waals surface area contributed by atoms with E-state index in [0.29, 0.717) is 0 Å². The molecule has 0 saturated carbocycles. The summed E-state index contributed by atoms with van der Waals surface area (Å²) in [6.45, 7) is 6.36. The smallest absolute Gasteiger partial charge is 0.275 e. The Morgan fingerprint density at radius 1 is 1.25 bits per heavy atom. The van der Waals surface area contributed by atoms with Gasteiger partial charge in [-0.25, -0.2) is 4.98 Å². The van der Waals surface area contributed by atoms with Gasteiger partial charge in [-0.15, -0.1) is 11.3 Å². The van der Waals surface area contributed by atoms with Crippen LogP contribution in [-0.2, 0) is 6.42 Å². The molecular weight excluding hydrogens is 428 g/mol. The van der Waals surface area contributed by atoms with E-state index in [2.05, 4.69) is 42.5 Å². The lowest BCUT2D eigenvalue weighted by molar-refractivity contribution is 0.0819. The first-order chi connectivity index (χ1) is 15.0. The number of carbonyl (C=O) groups is 1. The van der Waals surface area contributed by atoms with E-state index < -0.39 is 16.8 Å². The number of anilines is 3. The zero-order valence-corrected chi connectivity index (χ0v) is 19.5. The van der Waals surface area contributed by atoms with Gasteiger partial charge in [0, 0.05) is 30.0 Å². The van der Waals surface area contributed by atoms with Crippen LogP contribution in [-0.4, -0.2) is 35.0 Å². The van der Waals surface area contributed by atoms with Crippen molar-refractivity contribution in [2.45, 2.75) is 39.7 Å². The van der Waals surface area contributed by atoms with Crippen molar-refractivity contribution in [3.05, 3.63) is 59.8 Å². The highest BCUT2D eigenvalue weighted by atomic mass is 32.1. The zero-order chi connectivity index (χ0) is 23.4. The number of amides is 1. The highest BCUT2D eigenvalue weighted by Crippen LogP contribution is 2.48. The predicted molar refractivity (Wildman–Crippen MR) is 126 cm³/mol. The molecule has 0 bridgehead atoms. The predicted octanol–water partition coefficient (Wildman–Crippen LogP) is 3.32. The maximum atomic E-state index is 12.5. The molecule has 1 aliphatic carbocycles. The number of aromatic nitrogens is 1. The third-order valence-electron chi connectivity index (χ3n) is 6.04. The number of hydrogen-bond donors (Lipinski definition) is 3. The van der Waals surface area contributed by atoms with Gasteiger partial charge in [0.05, 0.1) is 11.7 Å². The molecule has 9 heteroatoms. The van der Waals surface area contributed by atoms with Crippen LogP contribution >= 0.6 is 11.3 Å². The SMILES string of the molecule is Cc1cc2c(s1)C(Nc1c(Nc3ccnc(C(=O)N(C)C)c3O)c(=O)c1=O)C(C)(C)CC2. The molecule has 2 heterocycles. The molecule has 3 N–H and O–H groups in total. The molecule has 0 fully saturated rings. The average Bonchev–Trinajstić information content (AvgIpc) is 3.12. The summed E-state index contributed by atoms with van der Waals surface area (Å²) in [6, 6.07) is 3.52. The first-order valence-electron chi connectivity index (χ1n) is 10.4. The number of pyridine rings is 1. The van der Waals surface area contributed by atoms with Crippen LogP contribution < -0.4 is 21.5 Å². The summed E-state index contributed by atoms with van der Waals surface area (Å²) in [4.78, 5) is 44.7. The molecule has 0 saturated heterocycles. The van der Waals surface area contributed by atoms with E-state index in [9.17, 15) is 19.5 Å². The molecule has 3 aromatic rings. The molecule has 0 aliphatic heterocycles. The average molecular weight is 455 g/mol. The van der Waals surface area contributed by atoms with Crippen molar-refractivity contribution in [3.63, 3.8) is 0 Å². The Morgan fingerprint density at radius 2 is 1.94 bits per heavy atom. The maximum Gasteiger partial charge on any atom is 0.275 e. The first-order valence-corrected chi connectivity index (χ1v) is 11.2. The first kappa shape index (κ1) is 22.0. The van der Waals surface area contributed by atoms with Crippen molar-refractivity contribution >= 4 is 34.3 Å². The fourth-order valence-corrected chi connectivity index (χ4v) is 5.43. The van der Waals surface area contributed by atoms with Crippen LogP contribution in [0.2, 0.25) is 0 Å². The Bertz CT molecular complexity index is 1280. The number of nitrogens with one attached hydrogen (secondary N) is 2. The lowest BCUT2D eigenvalue weighted by Crippen LogP contribution is -2.41. The number of fused-ring (bicyclic) bond motifs is 1. The normalized spacial score (nSPS) is 17.1. The topological polar surface area (TPSA) is 112 Å². The summed E-state index contributed by atoms with van der Waals surface area (Å²) in [5, 5.41) is 16.7. The van der Waals surface area contributed by atoms with Gasteiger partial charge in [0.2, 0.25) is 0 Å². The minimum Gasteiger partial charge on any atom is -0.504 e. The standard InChI is InChI=1S/C23H26N4O4S/c1-11-10-12-6-8-23(2,3)21(20(12)32-11)26-15-14(18(29)19(15)30)25-13-7-9-24-16(17(13)28)22(31)27(4)5/h7,9-10,21,26,28H,6,8H2,1-5H3,(H,24,25). The molecule has 1 unspecified atom stereocenters. The Labute approximate surface area is 189 Å². The van der Waals surface area contributed by atoms with Crippen LogP contribution in [0.15, 0.2) is 27.9 Å². The molecule has 1 atom stereocenters. The second kappa shape index (κ2) is 7.74. The van der Waals surface area contributed by atoms with Gasteiger partial charge in [0.1, 0.15) is 11.4 Å². The molecule has 8 nitrogen and oxygen atoms in total. The van der Waals surface area contributed by atoms with E-state index in [0.717, 1.165) is 12.8 Å². The zero-order valence-electron chi connectivity index (χ0n) is 18.7. The van der Waals surface area contributed by atoms with E-state index in [1.807, 2.05) is 0 Å². The second-order valence-electron chi connectivity index (χ2n) is 9.10. The lowest BCUT2D eigenvalue weighted by Gasteiger charge is -2.39. The number of rotatable bonds is 5. The van der Waals surface area contributed by atoms with Crippen molar-refractivity contribution < 1.29 is 9.90 Å². The quantitative estimate of drug-likeness (QED) is 0.507. The summed E-state index contributed by atoms with van der Waals surface area (Å²) < 4.78 is 0. The van der Waals surface area contributed by atoms with Gasteiger partial charge in [-0.05, 0) is 42.9 Å². The Hall–Kier alpha value is -3.20. The van der Waals surface area contributed by atoms with Gasteiger partial charge < -0.3 is 20.6 Å². The second-order valence-corrected chi connectivity index (χ2v) is 10.4. The molecule has 1 aliphatic rings. The van der Waals surface area contributed by atoms with E-state index in [-0.39, 0.29) is 40.0 Å². The molecule has 1 amide bonds. The maximum absolute atomic E-state index is 12.5. The molecule has 4 rings (SSSR count). The summed E-state index contributed by atoms with van der Waals surface area (Å²) in [5.41, 5.74) is 0.167. The molecule has 2 aromatic heterocycles. The van der Waals surface area contributed by atoms with Crippen molar-refractivity contribution in [1.82, 2.24) is 9.88 Å². The molecule has 168 valence electrons. The number of aryl methyl sites for hydroxylation is 2. The van der Waals surface area contributed by atoms with Gasteiger partial charge in [0.15, 0.2) is 11.4 Å². The molecule has 32 heavy (non-hydrogen) atoms. The Balaban J connectivity index is 1.68. The fraction of sp³-hybridized carbons (Fsp3) is 0.391. The van der Waals surface area contributed by atoms with Crippen molar-refractivity contribution in [2.24, 2.45) is 5.41 Å². The van der Waals surface area contributed by atoms with Crippen LogP contribution in [0.1, 0.15) is 52.1 Å². The van der Waals surface area contributed by atoms with Crippen LogP contribution in [0.4, 0.5) is 17.1 Å². The highest BCUT2D eigenvalue weighted by Gasteiger charge is 2.39. The van der Waals surface area contributed by atoms with E-state index in [1.165, 1.54) is 32.5 Å². The van der Waals surface area contributed by atoms with Crippen LogP contribution in [0.25, 0.3) is 0 Å². The van der Waals surface area contributed by atoms with Crippen molar-refractivity contribution in [3.8, 4) is 5.75 Å². The third-order valence-corrected chi connectivity index (χ3v) is 7.20. The van der Waals surface area contributed by atoms with Crippen LogP contribution in [0.5, 0.6) is 5.75 Å². The molecular formula is C23H26N4O4S. The van der Waals surface area contributed by atoms with Gasteiger partial charge in [-0.1, -0.05) is 13.8 Å². The largest absolute Gasteiger partial charge is 0.504 e. The van der Waals surface area contributed by atoms with Crippen LogP contribution in [0.3, 0.4) is 0 Å². The molecule has 0 spiro atoms. The summed E-state index contributed by atoms with van der Waals surface area (Å²) in [5.74, 6) is -0.849. The van der Waals surface area contributed by atoms with Crippen LogP contribution in [0, 0.1) is 12.3 Å². The van der Waals surface area contributed by atoms with Gasteiger partial charge in [-0.2, -0.15) is 0 Å². The van der Waals surface area contributed by atoms with Gasteiger partial charge in [-0.3, -0.25) is 14.4 Å². The van der Waals surface area contributed by atoms with E-state index >= 15 is 0 Å². The number of thiophene rings is 1. The number of hydrogen-bond acceptors (Lipinski definition) is 8. The molecule has 0 radical (unpaired) electrons. The number of nitrogens with zero attached hydrogens (tertiary/aromatic N) is 2. The van der Waals surface area contributed by atoms with Crippen molar-refractivity contribution in [1.29, 1.82) is 0 Å². The summed E-state index contributed by atoms with van der Waals surface area (Å²) in [6.07, 6.45) is 3.30. The third kappa shape index (κ3) is 3.56. The Morgan fingerprint density at radius 3 is 2.62 bits per heavy atom. The molecule has 1 aromatic carbocycles. The fourth-order valence-electron chi connectivity index (χ4n) is 4.09. The number of carbonyl (C=O) groups excluding carboxylic acids is 1. The highest BCUT2D eigenvalue weighted by molar-refractivity contribution is 7.12. The summed E-state index contributed by atoms with van der Waals surface area (Å²) in [7, 11) is 3.10. The monoisotopic (exact) mass is 454 g/mol. The lowest BCUT2D eigenvalue weighted by atomic mass is 9.73. The minimum absolute atomic E-state index is 0.0796. The summed E-state index contributed by atoms with van der Waals surface area (Å²) >= 11 is 1.70. The van der Waals surface area contributed by atoms with Crippen molar-refractivity contribution in [2.75, 3.05) is 24.7 Å². The van der Waals surface area contributed by atoms with E-state index in [4.69, 9.17) is 0 Å². The minimum atomic E-state index is -0.666.